The van der Waals surface area contributed by atoms with Crippen LogP contribution in [0.25, 0.3) is 22.0 Å². The number of aromatic amines is 1. The molecular weight excluding hydrogens is 418 g/mol. The normalized spacial score (nSPS) is 15.7. The number of aromatic nitrogens is 1. The molecule has 162 valence electrons. The zero-order chi connectivity index (χ0) is 22.3. The molecule has 1 aliphatic heterocycles. The van der Waals surface area contributed by atoms with Crippen molar-refractivity contribution in [3.8, 4) is 16.9 Å². The lowest BCUT2D eigenvalue weighted by Crippen LogP contribution is -2.28. The fourth-order valence-corrected chi connectivity index (χ4v) is 4.09. The number of hydrogen-bond acceptors (Lipinski definition) is 4. The van der Waals surface area contributed by atoms with Crippen LogP contribution in [0.4, 0.5) is 0 Å². The minimum atomic E-state index is -1.14. The predicted molar refractivity (Wildman–Crippen MR) is 121 cm³/mol. The lowest BCUT2D eigenvalue weighted by Gasteiger charge is -2.26. The SMILES string of the molecule is Cc1cc(-c2c(OCC[C@@H]3CCO3)c3cc(C(=O)O)c(Cl)cc3[nH]c2=O)cc(C)c1C. The van der Waals surface area contributed by atoms with Gasteiger partial charge in [0, 0.05) is 18.4 Å². The molecule has 0 bridgehead atoms. The van der Waals surface area contributed by atoms with E-state index in [1.54, 1.807) is 0 Å². The van der Waals surface area contributed by atoms with E-state index in [0.717, 1.165) is 35.3 Å². The van der Waals surface area contributed by atoms with E-state index in [2.05, 4.69) is 4.98 Å². The molecule has 0 saturated carbocycles. The van der Waals surface area contributed by atoms with Gasteiger partial charge >= 0.3 is 5.97 Å². The zero-order valence-electron chi connectivity index (χ0n) is 17.7. The van der Waals surface area contributed by atoms with Crippen LogP contribution in [0.5, 0.6) is 5.75 Å². The topological polar surface area (TPSA) is 88.6 Å². The number of rotatable bonds is 6. The number of carboxylic acid groups (broad SMARTS) is 1. The van der Waals surface area contributed by atoms with Crippen molar-refractivity contribution in [3.63, 3.8) is 0 Å². The van der Waals surface area contributed by atoms with Gasteiger partial charge in [0.1, 0.15) is 5.75 Å². The summed E-state index contributed by atoms with van der Waals surface area (Å²) in [6.45, 7) is 7.14. The standard InChI is InChI=1S/C24H24ClNO5/c1-12-8-15(9-13(2)14(12)3)21-22(31-7-5-16-4-6-30-16)18-10-17(24(28)29)19(25)11-20(18)26-23(21)27/h8-11,16H,4-7H2,1-3H3,(H,26,27)(H,28,29)/t16-/m0/s1. The van der Waals surface area contributed by atoms with Crippen molar-refractivity contribution < 1.29 is 19.4 Å². The number of ether oxygens (including phenoxy) is 2. The number of benzene rings is 2. The highest BCUT2D eigenvalue weighted by Crippen LogP contribution is 2.37. The average molecular weight is 442 g/mol. The molecule has 1 aromatic heterocycles. The molecule has 7 heteroatoms. The highest BCUT2D eigenvalue weighted by molar-refractivity contribution is 6.34. The number of aryl methyl sites for hydroxylation is 2. The smallest absolute Gasteiger partial charge is 0.337 e. The van der Waals surface area contributed by atoms with Gasteiger partial charge in [-0.25, -0.2) is 4.79 Å². The molecule has 2 heterocycles. The Morgan fingerprint density at radius 3 is 2.48 bits per heavy atom. The minimum Gasteiger partial charge on any atom is -0.492 e. The second-order valence-corrected chi connectivity index (χ2v) is 8.40. The van der Waals surface area contributed by atoms with Crippen LogP contribution in [-0.4, -0.2) is 35.4 Å². The Bertz CT molecular complexity index is 1220. The van der Waals surface area contributed by atoms with Gasteiger partial charge in [-0.2, -0.15) is 0 Å². The van der Waals surface area contributed by atoms with Crippen molar-refractivity contribution in [2.75, 3.05) is 13.2 Å². The monoisotopic (exact) mass is 441 g/mol. The number of fused-ring (bicyclic) bond motifs is 1. The van der Waals surface area contributed by atoms with Crippen LogP contribution < -0.4 is 10.3 Å². The lowest BCUT2D eigenvalue weighted by atomic mass is 9.95. The Balaban J connectivity index is 1.93. The van der Waals surface area contributed by atoms with Crippen LogP contribution >= 0.6 is 11.6 Å². The summed E-state index contributed by atoms with van der Waals surface area (Å²) in [7, 11) is 0. The van der Waals surface area contributed by atoms with Crippen LogP contribution in [0, 0.1) is 20.8 Å². The summed E-state index contributed by atoms with van der Waals surface area (Å²) in [5, 5.41) is 10.1. The maximum Gasteiger partial charge on any atom is 0.337 e. The number of halogens is 1. The number of hydrogen-bond donors (Lipinski definition) is 2. The Labute approximate surface area is 184 Å². The average Bonchev–Trinajstić information content (AvgIpc) is 2.66. The molecule has 0 spiro atoms. The van der Waals surface area contributed by atoms with E-state index in [1.807, 2.05) is 32.9 Å². The third-order valence-electron chi connectivity index (χ3n) is 5.98. The highest BCUT2D eigenvalue weighted by atomic mass is 35.5. The van der Waals surface area contributed by atoms with Crippen LogP contribution in [0.3, 0.4) is 0 Å². The molecule has 1 aliphatic rings. The van der Waals surface area contributed by atoms with Crippen molar-refractivity contribution in [2.45, 2.75) is 39.7 Å². The maximum atomic E-state index is 13.1. The molecule has 0 amide bonds. The van der Waals surface area contributed by atoms with Crippen LogP contribution in [-0.2, 0) is 4.74 Å². The molecule has 4 rings (SSSR count). The Hall–Kier alpha value is -2.83. The van der Waals surface area contributed by atoms with E-state index in [0.29, 0.717) is 35.2 Å². The number of carboxylic acids is 1. The van der Waals surface area contributed by atoms with E-state index in [4.69, 9.17) is 21.1 Å². The maximum absolute atomic E-state index is 13.1. The minimum absolute atomic E-state index is 0.0457. The molecule has 0 aliphatic carbocycles. The first-order valence-corrected chi connectivity index (χ1v) is 10.6. The largest absolute Gasteiger partial charge is 0.492 e. The Kier molecular flexibility index (Phi) is 5.77. The third kappa shape index (κ3) is 4.05. The molecular formula is C24H24ClNO5. The van der Waals surface area contributed by atoms with Crippen molar-refractivity contribution >= 4 is 28.5 Å². The quantitative estimate of drug-likeness (QED) is 0.560. The summed E-state index contributed by atoms with van der Waals surface area (Å²) in [5.41, 5.74) is 4.46. The Morgan fingerprint density at radius 1 is 1.23 bits per heavy atom. The molecule has 2 N–H and O–H groups in total. The first kappa shape index (κ1) is 21.4. The molecule has 31 heavy (non-hydrogen) atoms. The van der Waals surface area contributed by atoms with E-state index in [9.17, 15) is 14.7 Å². The fourth-order valence-electron chi connectivity index (χ4n) is 3.85. The second kappa shape index (κ2) is 8.36. The second-order valence-electron chi connectivity index (χ2n) is 7.99. The van der Waals surface area contributed by atoms with Gasteiger partial charge in [-0.3, -0.25) is 4.79 Å². The van der Waals surface area contributed by atoms with Crippen molar-refractivity contribution in [2.24, 2.45) is 0 Å². The molecule has 1 fully saturated rings. The van der Waals surface area contributed by atoms with E-state index >= 15 is 0 Å². The van der Waals surface area contributed by atoms with Crippen LogP contribution in [0.15, 0.2) is 29.1 Å². The highest BCUT2D eigenvalue weighted by Gasteiger charge is 2.22. The first-order valence-electron chi connectivity index (χ1n) is 10.2. The van der Waals surface area contributed by atoms with E-state index in [-0.39, 0.29) is 22.2 Å². The predicted octanol–water partition coefficient (Wildman–Crippen LogP) is 5.03. The van der Waals surface area contributed by atoms with Gasteiger partial charge in [0.05, 0.1) is 34.4 Å². The summed E-state index contributed by atoms with van der Waals surface area (Å²) in [6.07, 6.45) is 1.84. The molecule has 1 atom stereocenters. The lowest BCUT2D eigenvalue weighted by molar-refractivity contribution is -0.0595. The molecule has 3 aromatic rings. The fraction of sp³-hybridized carbons (Fsp3) is 0.333. The van der Waals surface area contributed by atoms with Crippen LogP contribution in [0.2, 0.25) is 5.02 Å². The molecule has 6 nitrogen and oxygen atoms in total. The molecule has 2 aromatic carbocycles. The number of nitrogens with one attached hydrogen (secondary N) is 1. The van der Waals surface area contributed by atoms with Gasteiger partial charge in [-0.15, -0.1) is 0 Å². The van der Waals surface area contributed by atoms with Crippen molar-refractivity contribution in [1.82, 2.24) is 4.98 Å². The van der Waals surface area contributed by atoms with Crippen molar-refractivity contribution in [1.29, 1.82) is 0 Å². The summed E-state index contributed by atoms with van der Waals surface area (Å²) in [6, 6.07) is 6.82. The van der Waals surface area contributed by atoms with Gasteiger partial charge < -0.3 is 19.6 Å². The zero-order valence-corrected chi connectivity index (χ0v) is 18.4. The summed E-state index contributed by atoms with van der Waals surface area (Å²) < 4.78 is 11.6. The Morgan fingerprint density at radius 2 is 1.90 bits per heavy atom. The van der Waals surface area contributed by atoms with Crippen LogP contribution in [0.1, 0.15) is 39.9 Å². The number of carbonyl (C=O) groups is 1. The van der Waals surface area contributed by atoms with Gasteiger partial charge in [0.15, 0.2) is 0 Å². The third-order valence-corrected chi connectivity index (χ3v) is 6.29. The van der Waals surface area contributed by atoms with Gasteiger partial charge in [0.2, 0.25) is 0 Å². The number of pyridine rings is 1. The number of H-pyrrole nitrogens is 1. The van der Waals surface area contributed by atoms with E-state index < -0.39 is 5.97 Å². The summed E-state index contributed by atoms with van der Waals surface area (Å²) in [4.78, 5) is 27.6. The van der Waals surface area contributed by atoms with Gasteiger partial charge in [0.25, 0.3) is 5.56 Å². The van der Waals surface area contributed by atoms with Gasteiger partial charge in [-0.1, -0.05) is 23.7 Å². The molecule has 1 saturated heterocycles. The summed E-state index contributed by atoms with van der Waals surface area (Å²) >= 11 is 6.13. The van der Waals surface area contributed by atoms with E-state index in [1.165, 1.54) is 12.1 Å². The first-order chi connectivity index (χ1) is 14.8. The number of aromatic carboxylic acids is 1. The molecule has 0 radical (unpaired) electrons. The van der Waals surface area contributed by atoms with Crippen molar-refractivity contribution in [3.05, 3.63) is 61.9 Å². The van der Waals surface area contributed by atoms with Gasteiger partial charge in [-0.05, 0) is 61.6 Å². The molecule has 0 unspecified atom stereocenters. The summed E-state index contributed by atoms with van der Waals surface area (Å²) in [5.74, 6) is -0.782.